The predicted octanol–water partition coefficient (Wildman–Crippen LogP) is -3.05. The molecule has 8 atom stereocenters. The molecule has 2 aliphatic heterocycles. The maximum atomic E-state index is 9.85. The van der Waals surface area contributed by atoms with E-state index in [9.17, 15) is 20.4 Å². The number of halogens is 2. The average Bonchev–Trinajstić information content (AvgIpc) is 2.79. The number of hydrogen-bond donors (Lipinski definition) is 6. The molecule has 0 amide bonds. The lowest BCUT2D eigenvalue weighted by molar-refractivity contribution is -0.188. The van der Waals surface area contributed by atoms with Crippen molar-refractivity contribution < 1.29 is 34.6 Å². The van der Waals surface area contributed by atoms with Crippen molar-refractivity contribution in [1.82, 2.24) is 0 Å². The van der Waals surface area contributed by atoms with Crippen LogP contribution in [0, 0.1) is 5.92 Å². The second kappa shape index (κ2) is 10.3. The normalized spacial score (nSPS) is 43.6. The van der Waals surface area contributed by atoms with Crippen LogP contribution >= 0.6 is 24.8 Å². The summed E-state index contributed by atoms with van der Waals surface area (Å²) in [5.74, 6) is -0.333. The molecule has 9 nitrogen and oxygen atoms in total. The number of hydrogen-bond acceptors (Lipinski definition) is 9. The third kappa shape index (κ3) is 5.35. The Labute approximate surface area is 146 Å². The van der Waals surface area contributed by atoms with Crippen LogP contribution in [0.5, 0.6) is 0 Å². The van der Waals surface area contributed by atoms with E-state index in [1.807, 2.05) is 0 Å². The summed E-state index contributed by atoms with van der Waals surface area (Å²) in [4.78, 5) is 0. The highest BCUT2D eigenvalue weighted by molar-refractivity contribution is 5.85. The Hall–Kier alpha value is 0.220. The molecule has 0 spiro atoms. The minimum atomic E-state index is -1.19. The molecule has 0 saturated carbocycles. The monoisotopic (exact) mass is 380 g/mol. The van der Waals surface area contributed by atoms with Gasteiger partial charge in [-0.25, -0.2) is 0 Å². The Morgan fingerprint density at radius 2 is 1.61 bits per heavy atom. The van der Waals surface area contributed by atoms with Gasteiger partial charge in [-0.3, -0.25) is 0 Å². The SMILES string of the molecule is Cl.Cl.NCC1OC(COCC2COC(O)C2O)C(N)C(O)C1O. The van der Waals surface area contributed by atoms with Crippen molar-refractivity contribution in [2.75, 3.05) is 26.4 Å². The molecule has 0 bridgehead atoms. The van der Waals surface area contributed by atoms with E-state index in [2.05, 4.69) is 0 Å². The highest BCUT2D eigenvalue weighted by Gasteiger charge is 2.42. The van der Waals surface area contributed by atoms with E-state index in [0.717, 1.165) is 0 Å². The first-order valence-corrected chi connectivity index (χ1v) is 6.98. The Morgan fingerprint density at radius 1 is 0.957 bits per heavy atom. The van der Waals surface area contributed by atoms with Crippen LogP contribution < -0.4 is 11.5 Å². The van der Waals surface area contributed by atoms with Gasteiger partial charge in [0, 0.05) is 12.5 Å². The topological polar surface area (TPSA) is 161 Å². The standard InChI is InChI=1S/C12H24N2O7.2ClH/c13-1-6-10(16)11(17)8(14)7(21-6)4-19-2-5-3-20-12(18)9(5)15;;/h5-12,15-18H,1-4,13-14H2;2*1H. The van der Waals surface area contributed by atoms with Gasteiger partial charge in [0.2, 0.25) is 0 Å². The van der Waals surface area contributed by atoms with Crippen LogP contribution in [0.15, 0.2) is 0 Å². The summed E-state index contributed by atoms with van der Waals surface area (Å²) in [6, 6.07) is -0.793. The summed E-state index contributed by atoms with van der Waals surface area (Å²) >= 11 is 0. The largest absolute Gasteiger partial charge is 0.389 e. The number of ether oxygens (including phenoxy) is 3. The molecule has 0 aromatic carbocycles. The first-order valence-electron chi connectivity index (χ1n) is 6.98. The van der Waals surface area contributed by atoms with Crippen molar-refractivity contribution in [2.45, 2.75) is 42.9 Å². The van der Waals surface area contributed by atoms with Gasteiger partial charge in [-0.15, -0.1) is 24.8 Å². The summed E-state index contributed by atoms with van der Waals surface area (Å²) in [6.07, 6.45) is -5.75. The molecular weight excluding hydrogens is 355 g/mol. The van der Waals surface area contributed by atoms with Crippen molar-refractivity contribution in [3.63, 3.8) is 0 Å². The van der Waals surface area contributed by atoms with E-state index in [4.69, 9.17) is 25.7 Å². The van der Waals surface area contributed by atoms with Crippen LogP contribution in [-0.2, 0) is 14.2 Å². The first kappa shape index (κ1) is 23.2. The van der Waals surface area contributed by atoms with Gasteiger partial charge in [-0.2, -0.15) is 0 Å². The molecule has 2 aliphatic rings. The molecule has 2 saturated heterocycles. The second-order valence-corrected chi connectivity index (χ2v) is 5.52. The number of nitrogens with two attached hydrogens (primary N) is 2. The Bertz CT molecular complexity index is 343. The number of aliphatic hydroxyl groups excluding tert-OH is 4. The zero-order chi connectivity index (χ0) is 15.6. The van der Waals surface area contributed by atoms with Crippen molar-refractivity contribution in [2.24, 2.45) is 17.4 Å². The van der Waals surface area contributed by atoms with Gasteiger partial charge < -0.3 is 46.1 Å². The summed E-state index contributed by atoms with van der Waals surface area (Å²) in [5, 5.41) is 38.4. The quantitative estimate of drug-likeness (QED) is 0.291. The van der Waals surface area contributed by atoms with Crippen LogP contribution in [0.3, 0.4) is 0 Å². The molecule has 2 heterocycles. The molecule has 11 heteroatoms. The third-order valence-corrected chi connectivity index (χ3v) is 4.01. The molecule has 140 valence electrons. The number of aliphatic hydroxyl groups is 4. The summed E-state index contributed by atoms with van der Waals surface area (Å²) < 4.78 is 15.8. The fourth-order valence-electron chi connectivity index (χ4n) is 2.54. The van der Waals surface area contributed by atoms with Crippen LogP contribution in [0.2, 0.25) is 0 Å². The predicted molar refractivity (Wildman–Crippen MR) is 84.5 cm³/mol. The summed E-state index contributed by atoms with van der Waals surface area (Å²) in [7, 11) is 0. The summed E-state index contributed by atoms with van der Waals surface area (Å²) in [6.45, 7) is 0.507. The lowest BCUT2D eigenvalue weighted by Gasteiger charge is -2.41. The lowest BCUT2D eigenvalue weighted by atomic mass is 9.93. The molecule has 0 aromatic rings. The van der Waals surface area contributed by atoms with Gasteiger partial charge in [0.1, 0.15) is 18.3 Å². The number of rotatable bonds is 5. The van der Waals surface area contributed by atoms with E-state index >= 15 is 0 Å². The fraction of sp³-hybridized carbons (Fsp3) is 1.00. The minimum Gasteiger partial charge on any atom is -0.389 e. The molecule has 0 aromatic heterocycles. The van der Waals surface area contributed by atoms with Gasteiger partial charge in [-0.05, 0) is 0 Å². The van der Waals surface area contributed by atoms with E-state index < -0.39 is 42.9 Å². The molecule has 0 radical (unpaired) electrons. The van der Waals surface area contributed by atoms with Crippen molar-refractivity contribution in [1.29, 1.82) is 0 Å². The maximum Gasteiger partial charge on any atom is 0.181 e. The van der Waals surface area contributed by atoms with Gasteiger partial charge in [0.15, 0.2) is 6.29 Å². The van der Waals surface area contributed by atoms with Crippen molar-refractivity contribution in [3.05, 3.63) is 0 Å². The van der Waals surface area contributed by atoms with Crippen LogP contribution in [-0.4, -0.2) is 89.6 Å². The van der Waals surface area contributed by atoms with E-state index in [1.54, 1.807) is 0 Å². The fourth-order valence-corrected chi connectivity index (χ4v) is 2.54. The highest BCUT2D eigenvalue weighted by Crippen LogP contribution is 2.22. The Kier molecular flexibility index (Phi) is 10.4. The summed E-state index contributed by atoms with van der Waals surface area (Å²) in [5.41, 5.74) is 11.3. The van der Waals surface area contributed by atoms with Crippen molar-refractivity contribution in [3.8, 4) is 0 Å². The van der Waals surface area contributed by atoms with Crippen LogP contribution in [0.1, 0.15) is 0 Å². The molecule has 23 heavy (non-hydrogen) atoms. The second-order valence-electron chi connectivity index (χ2n) is 5.52. The zero-order valence-corrected chi connectivity index (χ0v) is 14.1. The maximum absolute atomic E-state index is 9.85. The Morgan fingerprint density at radius 3 is 2.13 bits per heavy atom. The average molecular weight is 381 g/mol. The van der Waals surface area contributed by atoms with E-state index in [1.165, 1.54) is 0 Å². The van der Waals surface area contributed by atoms with Crippen LogP contribution in [0.4, 0.5) is 0 Å². The van der Waals surface area contributed by atoms with E-state index in [0.29, 0.717) is 0 Å². The Balaban J connectivity index is 0.00000242. The minimum absolute atomic E-state index is 0. The molecule has 0 aliphatic carbocycles. The van der Waals surface area contributed by atoms with Gasteiger partial charge >= 0.3 is 0 Å². The van der Waals surface area contributed by atoms with Crippen molar-refractivity contribution >= 4 is 24.8 Å². The third-order valence-electron chi connectivity index (χ3n) is 4.01. The molecule has 8 N–H and O–H groups in total. The smallest absolute Gasteiger partial charge is 0.181 e. The van der Waals surface area contributed by atoms with Gasteiger partial charge in [-0.1, -0.05) is 0 Å². The molecule has 2 fully saturated rings. The first-order chi connectivity index (χ1) is 9.95. The molecular formula is C12H26Cl2N2O7. The van der Waals surface area contributed by atoms with Gasteiger partial charge in [0.25, 0.3) is 0 Å². The molecule has 2 rings (SSSR count). The van der Waals surface area contributed by atoms with Crippen LogP contribution in [0.25, 0.3) is 0 Å². The molecule has 8 unspecified atom stereocenters. The zero-order valence-electron chi connectivity index (χ0n) is 12.4. The van der Waals surface area contributed by atoms with Gasteiger partial charge in [0.05, 0.1) is 38.1 Å². The highest BCUT2D eigenvalue weighted by atomic mass is 35.5. The lowest BCUT2D eigenvalue weighted by Crippen LogP contribution is -2.63. The van der Waals surface area contributed by atoms with E-state index in [-0.39, 0.29) is 57.1 Å².